The number of hydrogen-bond acceptors (Lipinski definition) is 2. The molecule has 0 aliphatic rings. The second-order valence-electron chi connectivity index (χ2n) is 1.13. The van der Waals surface area contributed by atoms with Crippen molar-refractivity contribution in [1.82, 2.24) is 0 Å². The SMILES string of the molecule is CC(N)C(=O)O.[CsH]. The van der Waals surface area contributed by atoms with Crippen LogP contribution in [0.1, 0.15) is 6.92 Å². The fraction of sp³-hybridized carbons (Fsp3) is 0.667. The van der Waals surface area contributed by atoms with E-state index < -0.39 is 12.0 Å². The third-order valence-electron chi connectivity index (χ3n) is 0.390. The minimum absolute atomic E-state index is 0. The molecule has 1 atom stereocenters. The molecule has 0 aromatic heterocycles. The average molecular weight is 223 g/mol. The molecule has 3 nitrogen and oxygen atoms in total. The van der Waals surface area contributed by atoms with Gasteiger partial charge in [0.15, 0.2) is 0 Å². The third kappa shape index (κ3) is 7.48. The van der Waals surface area contributed by atoms with Crippen LogP contribution < -0.4 is 5.73 Å². The summed E-state index contributed by atoms with van der Waals surface area (Å²) in [6, 6.07) is -0.731. The van der Waals surface area contributed by atoms with Crippen molar-refractivity contribution in [2.24, 2.45) is 5.73 Å². The van der Waals surface area contributed by atoms with E-state index in [2.05, 4.69) is 0 Å². The Morgan fingerprint density at radius 3 is 2.00 bits per heavy atom. The predicted molar refractivity (Wildman–Crippen MR) is 28.4 cm³/mol. The first-order chi connectivity index (χ1) is 2.64. The molecule has 0 saturated heterocycles. The molecule has 0 aliphatic heterocycles. The Labute approximate surface area is 101 Å². The summed E-state index contributed by atoms with van der Waals surface area (Å²) in [5.74, 6) is -0.963. The third-order valence-corrected chi connectivity index (χ3v) is 0.390. The van der Waals surface area contributed by atoms with Crippen LogP contribution in [-0.2, 0) is 4.79 Å². The molecule has 1 unspecified atom stereocenters. The summed E-state index contributed by atoms with van der Waals surface area (Å²) >= 11 is 0. The Bertz CT molecular complexity index is 64.0. The van der Waals surface area contributed by atoms with Crippen molar-refractivity contribution in [2.75, 3.05) is 0 Å². The van der Waals surface area contributed by atoms with E-state index in [9.17, 15) is 4.79 Å². The quantitative estimate of drug-likeness (QED) is 0.585. The summed E-state index contributed by atoms with van der Waals surface area (Å²) in [6.07, 6.45) is 0. The number of carboxylic acids is 1. The summed E-state index contributed by atoms with van der Waals surface area (Å²) < 4.78 is 0. The van der Waals surface area contributed by atoms with Gasteiger partial charge in [-0.3, -0.25) is 4.79 Å². The van der Waals surface area contributed by atoms with E-state index in [1.807, 2.05) is 0 Å². The molecule has 0 aromatic rings. The number of nitrogens with two attached hydrogens (primary N) is 1. The van der Waals surface area contributed by atoms with Crippen molar-refractivity contribution in [2.45, 2.75) is 13.0 Å². The van der Waals surface area contributed by atoms with Gasteiger partial charge in [-0.15, -0.1) is 0 Å². The molecule has 0 aromatic carbocycles. The van der Waals surface area contributed by atoms with Crippen LogP contribution in [0.3, 0.4) is 0 Å². The fourth-order valence-electron chi connectivity index (χ4n) is 0. The first kappa shape index (κ1) is 11.3. The molecule has 0 rings (SSSR count). The Kier molecular flexibility index (Phi) is 9.07. The second-order valence-corrected chi connectivity index (χ2v) is 1.13. The number of aliphatic carboxylic acids is 1. The molecule has 0 fully saturated rings. The molecule has 3 N–H and O–H groups in total. The molecule has 0 radical (unpaired) electrons. The van der Waals surface area contributed by atoms with E-state index >= 15 is 0 Å². The standard InChI is InChI=1S/C3H7NO2.Cs.H/c1-2(4)3(5)6;;/h2H,4H2,1H3,(H,5,6);;. The van der Waals surface area contributed by atoms with Crippen LogP contribution in [0.2, 0.25) is 0 Å². The summed E-state index contributed by atoms with van der Waals surface area (Å²) in [5, 5.41) is 7.87. The van der Waals surface area contributed by atoms with Gasteiger partial charge in [0.2, 0.25) is 0 Å². The summed E-state index contributed by atoms with van der Waals surface area (Å²) in [5.41, 5.74) is 4.84. The average Bonchev–Trinajstić information content (AvgIpc) is 1.36. The van der Waals surface area contributed by atoms with E-state index in [0.717, 1.165) is 0 Å². The summed E-state index contributed by atoms with van der Waals surface area (Å²) in [4.78, 5) is 9.57. The van der Waals surface area contributed by atoms with Gasteiger partial charge in [-0.1, -0.05) is 0 Å². The van der Waals surface area contributed by atoms with Crippen molar-refractivity contribution in [3.63, 3.8) is 0 Å². The minimum atomic E-state index is -0.963. The molecule has 0 heterocycles. The zero-order valence-corrected chi connectivity index (χ0v) is 3.51. The molecule has 0 saturated carbocycles. The summed E-state index contributed by atoms with van der Waals surface area (Å²) in [7, 11) is 0. The molecule has 0 aliphatic carbocycles. The first-order valence-electron chi connectivity index (χ1n) is 1.63. The number of carboxylic acid groups (broad SMARTS) is 1. The van der Waals surface area contributed by atoms with E-state index in [4.69, 9.17) is 10.8 Å². The van der Waals surface area contributed by atoms with Gasteiger partial charge in [-0.2, -0.15) is 0 Å². The monoisotopic (exact) mass is 223 g/mol. The van der Waals surface area contributed by atoms with Crippen LogP contribution in [0.4, 0.5) is 0 Å². The van der Waals surface area contributed by atoms with Crippen molar-refractivity contribution in [3.05, 3.63) is 0 Å². The Morgan fingerprint density at radius 1 is 1.86 bits per heavy atom. The van der Waals surface area contributed by atoms with Crippen LogP contribution in [0.25, 0.3) is 0 Å². The van der Waals surface area contributed by atoms with Crippen LogP contribution in [-0.4, -0.2) is 86.0 Å². The molecule has 0 spiro atoms. The van der Waals surface area contributed by atoms with Gasteiger partial charge < -0.3 is 10.8 Å². The van der Waals surface area contributed by atoms with Crippen LogP contribution in [0.15, 0.2) is 0 Å². The van der Waals surface area contributed by atoms with E-state index in [0.29, 0.717) is 0 Å². The second kappa shape index (κ2) is 5.62. The molecule has 0 bridgehead atoms. The number of rotatable bonds is 1. The van der Waals surface area contributed by atoms with Crippen LogP contribution in [0.5, 0.6) is 0 Å². The van der Waals surface area contributed by atoms with Gasteiger partial charge in [-0.05, 0) is 6.92 Å². The summed E-state index contributed by atoms with van der Waals surface area (Å²) in [6.45, 7) is 1.42. The molecule has 0 amide bonds. The fourth-order valence-corrected chi connectivity index (χ4v) is 0. The van der Waals surface area contributed by atoms with Crippen LogP contribution >= 0.6 is 0 Å². The van der Waals surface area contributed by atoms with Crippen molar-refractivity contribution >= 4 is 74.9 Å². The van der Waals surface area contributed by atoms with Crippen LogP contribution in [0, 0.1) is 0 Å². The molecule has 7 heavy (non-hydrogen) atoms. The normalized spacial score (nSPS) is 11.7. The van der Waals surface area contributed by atoms with E-state index in [-0.39, 0.29) is 68.9 Å². The zero-order chi connectivity index (χ0) is 5.15. The van der Waals surface area contributed by atoms with E-state index in [1.54, 1.807) is 0 Å². The number of carbonyl (C=O) groups is 1. The predicted octanol–water partition coefficient (Wildman–Crippen LogP) is -1.23. The van der Waals surface area contributed by atoms with Gasteiger partial charge in [0.1, 0.15) is 6.04 Å². The Morgan fingerprint density at radius 2 is 2.00 bits per heavy atom. The molecular weight excluding hydrogens is 215 g/mol. The van der Waals surface area contributed by atoms with Crippen molar-refractivity contribution in [3.8, 4) is 0 Å². The number of hydrogen-bond donors (Lipinski definition) is 2. The zero-order valence-electron chi connectivity index (χ0n) is 3.51. The van der Waals surface area contributed by atoms with Crippen molar-refractivity contribution < 1.29 is 9.90 Å². The van der Waals surface area contributed by atoms with Gasteiger partial charge in [0.05, 0.1) is 0 Å². The Balaban J connectivity index is 0. The molecule has 4 heteroatoms. The topological polar surface area (TPSA) is 63.3 Å². The molecular formula is C3H8CsNO2. The first-order valence-corrected chi connectivity index (χ1v) is 1.63. The molecule has 38 valence electrons. The maximum absolute atomic E-state index is 9.57. The van der Waals surface area contributed by atoms with Gasteiger partial charge >= 0.3 is 74.9 Å². The van der Waals surface area contributed by atoms with E-state index in [1.165, 1.54) is 6.92 Å². The Hall–Kier alpha value is 1.48. The van der Waals surface area contributed by atoms with Crippen molar-refractivity contribution in [1.29, 1.82) is 0 Å². The van der Waals surface area contributed by atoms with Gasteiger partial charge in [0.25, 0.3) is 0 Å². The maximum atomic E-state index is 9.57. The van der Waals surface area contributed by atoms with Gasteiger partial charge in [-0.25, -0.2) is 0 Å². The van der Waals surface area contributed by atoms with Gasteiger partial charge in [0, 0.05) is 0 Å².